The molecule has 148 valence electrons. The number of rotatable bonds is 4. The standard InChI is InChI=1S/C20H21Cl2N3.C3H6/c1-3-13(2)18-19(14-7-5-4-6-8-14)25-20(24-18)23-12-15-9-10-16(21)11-17(15)22;1-3-2/h3-11,18-19H,12H2,1-2H3,(H2,23,24,25);3H,1H2,2H3/b13-3+;/t18-,19?;/m1./s1. The van der Waals surface area contributed by atoms with Gasteiger partial charge in [0.05, 0.1) is 18.6 Å². The molecule has 3 nitrogen and oxygen atoms in total. The van der Waals surface area contributed by atoms with Crippen LogP contribution in [0.4, 0.5) is 0 Å². The van der Waals surface area contributed by atoms with E-state index in [1.165, 1.54) is 11.1 Å². The van der Waals surface area contributed by atoms with Crippen molar-refractivity contribution >= 4 is 29.2 Å². The Morgan fingerprint density at radius 2 is 1.79 bits per heavy atom. The van der Waals surface area contributed by atoms with Gasteiger partial charge in [-0.3, -0.25) is 0 Å². The molecule has 1 aliphatic heterocycles. The second kappa shape index (κ2) is 10.9. The van der Waals surface area contributed by atoms with Crippen molar-refractivity contribution in [3.05, 3.63) is 94.0 Å². The fourth-order valence-electron chi connectivity index (χ4n) is 2.90. The number of allylic oxidation sites excluding steroid dienone is 2. The first kappa shape index (κ1) is 22.1. The minimum atomic E-state index is 0.150. The molecule has 0 saturated carbocycles. The summed E-state index contributed by atoms with van der Waals surface area (Å²) < 4.78 is 0. The van der Waals surface area contributed by atoms with Crippen molar-refractivity contribution < 1.29 is 0 Å². The van der Waals surface area contributed by atoms with Gasteiger partial charge in [-0.1, -0.05) is 77.3 Å². The maximum atomic E-state index is 6.24. The number of aliphatic imine (C=N–C) groups is 1. The lowest BCUT2D eigenvalue weighted by atomic mass is 9.96. The molecule has 3 rings (SSSR count). The van der Waals surface area contributed by atoms with Crippen LogP contribution in [0.3, 0.4) is 0 Å². The second-order valence-electron chi connectivity index (χ2n) is 6.50. The van der Waals surface area contributed by atoms with E-state index in [1.54, 1.807) is 12.1 Å². The van der Waals surface area contributed by atoms with Gasteiger partial charge in [0.2, 0.25) is 0 Å². The molecule has 1 saturated heterocycles. The largest absolute Gasteiger partial charge is 0.347 e. The molecule has 2 N–H and O–H groups in total. The fourth-order valence-corrected chi connectivity index (χ4v) is 3.37. The van der Waals surface area contributed by atoms with Crippen molar-refractivity contribution in [1.82, 2.24) is 10.6 Å². The van der Waals surface area contributed by atoms with Gasteiger partial charge in [-0.2, -0.15) is 0 Å². The first-order valence-corrected chi connectivity index (χ1v) is 10.0. The topological polar surface area (TPSA) is 36.4 Å². The van der Waals surface area contributed by atoms with Gasteiger partial charge in [0, 0.05) is 10.0 Å². The number of nitrogens with zero attached hydrogens (tertiary/aromatic N) is 1. The maximum absolute atomic E-state index is 6.24. The summed E-state index contributed by atoms with van der Waals surface area (Å²) in [5.74, 6) is 0.783. The van der Waals surface area contributed by atoms with E-state index in [1.807, 2.05) is 25.1 Å². The summed E-state index contributed by atoms with van der Waals surface area (Å²) in [6.45, 7) is 9.93. The predicted octanol–water partition coefficient (Wildman–Crippen LogP) is 6.31. The van der Waals surface area contributed by atoms with E-state index in [9.17, 15) is 0 Å². The Morgan fingerprint density at radius 1 is 1.11 bits per heavy atom. The zero-order valence-corrected chi connectivity index (χ0v) is 18.1. The van der Waals surface area contributed by atoms with Crippen LogP contribution in [0.1, 0.15) is 37.9 Å². The van der Waals surface area contributed by atoms with Crippen LogP contribution in [0.5, 0.6) is 0 Å². The minimum Gasteiger partial charge on any atom is -0.347 e. The van der Waals surface area contributed by atoms with Crippen LogP contribution in [0.15, 0.2) is 77.8 Å². The molecule has 1 unspecified atom stereocenters. The van der Waals surface area contributed by atoms with Gasteiger partial charge in [0.1, 0.15) is 0 Å². The van der Waals surface area contributed by atoms with E-state index in [2.05, 4.69) is 66.4 Å². The van der Waals surface area contributed by atoms with Crippen molar-refractivity contribution in [2.75, 3.05) is 0 Å². The third kappa shape index (κ3) is 5.88. The molecule has 0 bridgehead atoms. The first-order chi connectivity index (χ1) is 13.5. The predicted molar refractivity (Wildman–Crippen MR) is 122 cm³/mol. The normalized spacial score (nSPS) is 20.0. The Bertz CT molecular complexity index is 844. The summed E-state index contributed by atoms with van der Waals surface area (Å²) in [5.41, 5.74) is 3.46. The van der Waals surface area contributed by atoms with Crippen LogP contribution in [0, 0.1) is 0 Å². The Kier molecular flexibility index (Phi) is 8.62. The molecule has 1 fully saturated rings. The highest BCUT2D eigenvalue weighted by molar-refractivity contribution is 6.35. The molecule has 1 heterocycles. The van der Waals surface area contributed by atoms with Crippen LogP contribution in [-0.2, 0) is 6.54 Å². The van der Waals surface area contributed by atoms with E-state index in [0.717, 1.165) is 11.5 Å². The van der Waals surface area contributed by atoms with Gasteiger partial charge in [0.25, 0.3) is 0 Å². The van der Waals surface area contributed by atoms with E-state index in [0.29, 0.717) is 16.6 Å². The van der Waals surface area contributed by atoms with Crippen LogP contribution in [-0.4, -0.2) is 12.0 Å². The molecule has 0 amide bonds. The van der Waals surface area contributed by atoms with Gasteiger partial charge in [-0.25, -0.2) is 4.99 Å². The highest BCUT2D eigenvalue weighted by Gasteiger charge is 2.32. The number of halogens is 2. The number of hydrogen-bond donors (Lipinski definition) is 2. The lowest BCUT2D eigenvalue weighted by Crippen LogP contribution is -2.29. The Hall–Kier alpha value is -2.23. The monoisotopic (exact) mass is 415 g/mol. The van der Waals surface area contributed by atoms with Crippen LogP contribution in [0.25, 0.3) is 0 Å². The van der Waals surface area contributed by atoms with Crippen molar-refractivity contribution in [2.45, 2.75) is 39.4 Å². The van der Waals surface area contributed by atoms with E-state index in [-0.39, 0.29) is 12.1 Å². The summed E-state index contributed by atoms with van der Waals surface area (Å²) in [7, 11) is 0. The molecule has 2 aromatic rings. The molecule has 28 heavy (non-hydrogen) atoms. The van der Waals surface area contributed by atoms with Crippen molar-refractivity contribution in [1.29, 1.82) is 0 Å². The highest BCUT2D eigenvalue weighted by atomic mass is 35.5. The number of hydrogen-bond acceptors (Lipinski definition) is 1. The average molecular weight is 416 g/mol. The van der Waals surface area contributed by atoms with E-state index >= 15 is 0 Å². The third-order valence-electron chi connectivity index (χ3n) is 4.44. The molecule has 5 heteroatoms. The molecule has 2 atom stereocenters. The number of nitrogens with one attached hydrogen (secondary N) is 2. The maximum Gasteiger partial charge on any atom is 0.192 e. The second-order valence-corrected chi connectivity index (χ2v) is 7.34. The first-order valence-electron chi connectivity index (χ1n) is 9.26. The quantitative estimate of drug-likeness (QED) is 0.573. The summed E-state index contributed by atoms with van der Waals surface area (Å²) in [4.78, 5) is 4.67. The van der Waals surface area contributed by atoms with Crippen LogP contribution >= 0.6 is 23.2 Å². The minimum absolute atomic E-state index is 0.150. The van der Waals surface area contributed by atoms with Crippen molar-refractivity contribution in [3.8, 4) is 0 Å². The van der Waals surface area contributed by atoms with Gasteiger partial charge >= 0.3 is 0 Å². The molecule has 1 aliphatic rings. The Morgan fingerprint density at radius 3 is 2.39 bits per heavy atom. The lowest BCUT2D eigenvalue weighted by Gasteiger charge is -2.19. The lowest BCUT2D eigenvalue weighted by molar-refractivity contribution is 0.588. The van der Waals surface area contributed by atoms with Gasteiger partial charge in [0.15, 0.2) is 5.96 Å². The smallest absolute Gasteiger partial charge is 0.192 e. The van der Waals surface area contributed by atoms with Gasteiger partial charge in [-0.05, 0) is 44.0 Å². The van der Waals surface area contributed by atoms with Gasteiger partial charge < -0.3 is 10.6 Å². The van der Waals surface area contributed by atoms with Gasteiger partial charge in [-0.15, -0.1) is 6.58 Å². The molecule has 0 spiro atoms. The highest BCUT2D eigenvalue weighted by Crippen LogP contribution is 2.26. The SMILES string of the molecule is C/C=C(\C)[C@H]1NC(=NCc2ccc(Cl)cc2Cl)NC1c1ccccc1.C=CC. The summed E-state index contributed by atoms with van der Waals surface area (Å²) in [5, 5.41) is 8.26. The molecule has 0 aromatic heterocycles. The van der Waals surface area contributed by atoms with Crippen molar-refractivity contribution in [2.24, 2.45) is 4.99 Å². The molecular weight excluding hydrogens is 389 g/mol. The molecule has 0 aliphatic carbocycles. The Balaban J connectivity index is 0.000000878. The molecule has 2 aromatic carbocycles. The number of benzene rings is 2. The third-order valence-corrected chi connectivity index (χ3v) is 5.03. The number of guanidine groups is 1. The summed E-state index contributed by atoms with van der Waals surface area (Å²) >= 11 is 12.2. The van der Waals surface area contributed by atoms with E-state index in [4.69, 9.17) is 23.2 Å². The Labute approximate surface area is 178 Å². The summed E-state index contributed by atoms with van der Waals surface area (Å²) in [6.07, 6.45) is 3.88. The van der Waals surface area contributed by atoms with Crippen LogP contribution < -0.4 is 10.6 Å². The van der Waals surface area contributed by atoms with E-state index < -0.39 is 0 Å². The zero-order valence-electron chi connectivity index (χ0n) is 16.5. The van der Waals surface area contributed by atoms with Crippen molar-refractivity contribution in [3.63, 3.8) is 0 Å². The molecule has 0 radical (unpaired) electrons. The zero-order chi connectivity index (χ0) is 20.5. The average Bonchev–Trinajstić information content (AvgIpc) is 3.12. The summed E-state index contributed by atoms with van der Waals surface area (Å²) in [6, 6.07) is 16.2. The molecular formula is C23H27Cl2N3. The fraction of sp³-hybridized carbons (Fsp3) is 0.261. The van der Waals surface area contributed by atoms with Crippen LogP contribution in [0.2, 0.25) is 10.0 Å².